The van der Waals surface area contributed by atoms with Gasteiger partial charge >= 0.3 is 0 Å². The quantitative estimate of drug-likeness (QED) is 0.569. The van der Waals surface area contributed by atoms with E-state index in [-0.39, 0.29) is 18.6 Å². The maximum Gasteiger partial charge on any atom is 0.262 e. The average molecular weight is 457 g/mol. The fourth-order valence-electron chi connectivity index (χ4n) is 3.93. The summed E-state index contributed by atoms with van der Waals surface area (Å²) in [5.74, 6) is 1.41. The van der Waals surface area contributed by atoms with Crippen LogP contribution in [0, 0.1) is 6.92 Å². The maximum atomic E-state index is 12.4. The molecular weight excluding hydrogens is 428 g/mol. The Hall–Kier alpha value is -2.61. The van der Waals surface area contributed by atoms with Crippen LogP contribution in [-0.2, 0) is 16.1 Å². The summed E-state index contributed by atoms with van der Waals surface area (Å²) in [5.41, 5.74) is 3.54. The number of amides is 1. The summed E-state index contributed by atoms with van der Waals surface area (Å²) >= 11 is 6.03. The molecule has 7 nitrogen and oxygen atoms in total. The molecule has 1 saturated heterocycles. The number of hydrogen-bond donors (Lipinski definition) is 1. The number of nitrogens with one attached hydrogen (secondary N) is 1. The van der Waals surface area contributed by atoms with Crippen molar-refractivity contribution in [2.75, 3.05) is 38.2 Å². The summed E-state index contributed by atoms with van der Waals surface area (Å²) in [6, 6.07) is 11.5. The van der Waals surface area contributed by atoms with Crippen LogP contribution in [0.3, 0.4) is 0 Å². The van der Waals surface area contributed by atoms with Crippen molar-refractivity contribution >= 4 is 34.2 Å². The number of aromatic nitrogens is 2. The van der Waals surface area contributed by atoms with Crippen LogP contribution < -0.4 is 10.1 Å². The monoisotopic (exact) mass is 456 g/mol. The third-order valence-electron chi connectivity index (χ3n) is 5.53. The van der Waals surface area contributed by atoms with E-state index in [2.05, 4.69) is 28.6 Å². The number of nitrogens with zero attached hydrogens (tertiary/aromatic N) is 3. The summed E-state index contributed by atoms with van der Waals surface area (Å²) in [5, 5.41) is 3.57. The summed E-state index contributed by atoms with van der Waals surface area (Å²) in [6.07, 6.45) is 0. The number of fused-ring (bicyclic) bond motifs is 1. The van der Waals surface area contributed by atoms with Gasteiger partial charge in [-0.05, 0) is 62.7 Å². The zero-order valence-electron chi connectivity index (χ0n) is 18.7. The van der Waals surface area contributed by atoms with Crippen molar-refractivity contribution in [2.24, 2.45) is 0 Å². The molecule has 1 aliphatic heterocycles. The fourth-order valence-corrected chi connectivity index (χ4v) is 4.04. The number of hydrogen-bond acceptors (Lipinski definition) is 5. The highest BCUT2D eigenvalue weighted by atomic mass is 35.5. The highest BCUT2D eigenvalue weighted by Crippen LogP contribution is 2.25. The lowest BCUT2D eigenvalue weighted by Crippen LogP contribution is -2.36. The predicted octanol–water partition coefficient (Wildman–Crippen LogP) is 4.43. The van der Waals surface area contributed by atoms with E-state index in [4.69, 9.17) is 26.1 Å². The second-order valence-electron chi connectivity index (χ2n) is 8.33. The zero-order valence-corrected chi connectivity index (χ0v) is 19.5. The minimum atomic E-state index is -0.228. The lowest BCUT2D eigenvalue weighted by Gasteiger charge is -2.27. The van der Waals surface area contributed by atoms with Crippen molar-refractivity contribution in [3.05, 3.63) is 52.8 Å². The zero-order chi connectivity index (χ0) is 22.7. The minimum Gasteiger partial charge on any atom is -0.484 e. The second-order valence-corrected chi connectivity index (χ2v) is 8.74. The molecule has 0 radical (unpaired) electrons. The van der Waals surface area contributed by atoms with Gasteiger partial charge in [0.2, 0.25) is 0 Å². The molecule has 1 aliphatic rings. The maximum absolute atomic E-state index is 12.4. The molecule has 2 aromatic carbocycles. The van der Waals surface area contributed by atoms with E-state index in [1.807, 2.05) is 31.2 Å². The Bertz CT molecular complexity index is 1110. The molecule has 1 N–H and O–H groups in total. The van der Waals surface area contributed by atoms with Crippen LogP contribution in [-0.4, -0.2) is 53.3 Å². The van der Waals surface area contributed by atoms with Gasteiger partial charge in [0.1, 0.15) is 11.6 Å². The number of morpholine rings is 1. The Labute approximate surface area is 193 Å². The van der Waals surface area contributed by atoms with E-state index in [9.17, 15) is 4.79 Å². The third-order valence-corrected chi connectivity index (χ3v) is 5.95. The van der Waals surface area contributed by atoms with Gasteiger partial charge in [0.15, 0.2) is 6.61 Å². The van der Waals surface area contributed by atoms with Crippen LogP contribution in [0.5, 0.6) is 5.75 Å². The molecule has 0 atom stereocenters. The van der Waals surface area contributed by atoms with E-state index in [0.29, 0.717) is 16.5 Å². The molecule has 0 aliphatic carbocycles. The lowest BCUT2D eigenvalue weighted by molar-refractivity contribution is -0.118. The molecule has 1 fully saturated rings. The van der Waals surface area contributed by atoms with Crippen LogP contribution in [0.1, 0.15) is 31.3 Å². The number of benzene rings is 2. The van der Waals surface area contributed by atoms with Crippen LogP contribution in [0.25, 0.3) is 11.0 Å². The first-order chi connectivity index (χ1) is 15.4. The molecule has 4 rings (SSSR count). The van der Waals surface area contributed by atoms with Crippen LogP contribution in [0.2, 0.25) is 5.02 Å². The number of halogens is 1. The molecule has 1 amide bonds. The molecule has 170 valence electrons. The summed E-state index contributed by atoms with van der Waals surface area (Å²) in [4.78, 5) is 19.7. The molecule has 0 unspecified atom stereocenters. The van der Waals surface area contributed by atoms with Gasteiger partial charge in [0.05, 0.1) is 30.8 Å². The SMILES string of the molecule is Cc1cc(OCC(=O)Nc2ccc3c(c2)nc(CN2CCOCC2)n3C(C)C)ccc1Cl. The number of anilines is 1. The van der Waals surface area contributed by atoms with Crippen molar-refractivity contribution < 1.29 is 14.3 Å². The number of ether oxygens (including phenoxy) is 2. The number of rotatable bonds is 7. The Morgan fingerprint density at radius 1 is 1.22 bits per heavy atom. The molecule has 0 bridgehead atoms. The van der Waals surface area contributed by atoms with Gasteiger partial charge in [-0.2, -0.15) is 0 Å². The molecule has 3 aromatic rings. The van der Waals surface area contributed by atoms with Crippen LogP contribution in [0.4, 0.5) is 5.69 Å². The van der Waals surface area contributed by atoms with Crippen molar-refractivity contribution in [3.8, 4) is 5.75 Å². The number of imidazole rings is 1. The van der Waals surface area contributed by atoms with Crippen molar-refractivity contribution in [1.82, 2.24) is 14.5 Å². The van der Waals surface area contributed by atoms with Gasteiger partial charge in [-0.25, -0.2) is 4.98 Å². The van der Waals surface area contributed by atoms with Gasteiger partial charge in [-0.3, -0.25) is 9.69 Å². The molecule has 1 aromatic heterocycles. The van der Waals surface area contributed by atoms with E-state index in [0.717, 1.165) is 55.3 Å². The summed E-state index contributed by atoms with van der Waals surface area (Å²) < 4.78 is 13.3. The Morgan fingerprint density at radius 3 is 2.72 bits per heavy atom. The van der Waals surface area contributed by atoms with Gasteiger partial charge in [-0.15, -0.1) is 0 Å². The first-order valence-electron chi connectivity index (χ1n) is 10.9. The number of aryl methyl sites for hydroxylation is 1. The Kier molecular flexibility index (Phi) is 6.98. The average Bonchev–Trinajstić information content (AvgIpc) is 3.12. The molecular formula is C24H29ClN4O3. The van der Waals surface area contributed by atoms with E-state index in [1.165, 1.54) is 0 Å². The Morgan fingerprint density at radius 2 is 2.00 bits per heavy atom. The van der Waals surface area contributed by atoms with Crippen molar-refractivity contribution in [1.29, 1.82) is 0 Å². The van der Waals surface area contributed by atoms with Crippen molar-refractivity contribution in [3.63, 3.8) is 0 Å². The number of carbonyl (C=O) groups excluding carboxylic acids is 1. The van der Waals surface area contributed by atoms with E-state index in [1.54, 1.807) is 12.1 Å². The van der Waals surface area contributed by atoms with Gasteiger partial charge < -0.3 is 19.4 Å². The van der Waals surface area contributed by atoms with Gasteiger partial charge in [-0.1, -0.05) is 11.6 Å². The molecule has 0 saturated carbocycles. The highest BCUT2D eigenvalue weighted by molar-refractivity contribution is 6.31. The smallest absolute Gasteiger partial charge is 0.262 e. The molecule has 0 spiro atoms. The van der Waals surface area contributed by atoms with E-state index < -0.39 is 0 Å². The molecule has 32 heavy (non-hydrogen) atoms. The van der Waals surface area contributed by atoms with Crippen LogP contribution in [0.15, 0.2) is 36.4 Å². The first-order valence-corrected chi connectivity index (χ1v) is 11.3. The molecule has 2 heterocycles. The first kappa shape index (κ1) is 22.6. The second kappa shape index (κ2) is 9.90. The predicted molar refractivity (Wildman–Crippen MR) is 127 cm³/mol. The normalized spacial score (nSPS) is 14.8. The van der Waals surface area contributed by atoms with Crippen LogP contribution >= 0.6 is 11.6 Å². The standard InChI is InChI=1S/C24H29ClN4O3/c1-16(2)29-22-7-4-18(13-21(22)27-23(29)14-28-8-10-31-11-9-28)26-24(30)15-32-19-5-6-20(25)17(3)12-19/h4-7,12-13,16H,8-11,14-15H2,1-3H3,(H,26,30). The Balaban J connectivity index is 1.46. The molecule has 8 heteroatoms. The highest BCUT2D eigenvalue weighted by Gasteiger charge is 2.18. The fraction of sp³-hybridized carbons (Fsp3) is 0.417. The largest absolute Gasteiger partial charge is 0.484 e. The minimum absolute atomic E-state index is 0.0815. The summed E-state index contributed by atoms with van der Waals surface area (Å²) in [7, 11) is 0. The van der Waals surface area contributed by atoms with Gasteiger partial charge in [0.25, 0.3) is 5.91 Å². The third kappa shape index (κ3) is 5.23. The lowest BCUT2D eigenvalue weighted by atomic mass is 10.2. The summed E-state index contributed by atoms with van der Waals surface area (Å²) in [6.45, 7) is 10.3. The topological polar surface area (TPSA) is 68.6 Å². The number of carbonyl (C=O) groups is 1. The van der Waals surface area contributed by atoms with E-state index >= 15 is 0 Å². The van der Waals surface area contributed by atoms with Gasteiger partial charge in [0, 0.05) is 29.8 Å². The van der Waals surface area contributed by atoms with Crippen molar-refractivity contribution in [2.45, 2.75) is 33.4 Å².